The van der Waals surface area contributed by atoms with E-state index in [4.69, 9.17) is 0 Å². The van der Waals surface area contributed by atoms with E-state index in [1.54, 1.807) is 13.0 Å². The van der Waals surface area contributed by atoms with Crippen molar-refractivity contribution in [3.63, 3.8) is 0 Å². The molecule has 0 fully saturated rings. The zero-order valence-corrected chi connectivity index (χ0v) is 10.4. The molecule has 0 saturated carbocycles. The van der Waals surface area contributed by atoms with Crippen LogP contribution in [0.2, 0.25) is 0 Å². The maximum atomic E-state index is 12.0. The topological polar surface area (TPSA) is 55.2 Å². The van der Waals surface area contributed by atoms with Gasteiger partial charge in [0.25, 0.3) is 5.69 Å². The quantitative estimate of drug-likeness (QED) is 0.628. The van der Waals surface area contributed by atoms with Crippen molar-refractivity contribution in [2.75, 3.05) is 5.32 Å². The number of anilines is 1. The van der Waals surface area contributed by atoms with Crippen molar-refractivity contribution in [2.24, 2.45) is 0 Å². The van der Waals surface area contributed by atoms with E-state index < -0.39 is 17.5 Å². The number of rotatable bonds is 6. The molecule has 4 nitrogen and oxygen atoms in total. The van der Waals surface area contributed by atoms with Crippen LogP contribution in [-0.4, -0.2) is 17.1 Å². The fourth-order valence-electron chi connectivity index (χ4n) is 1.67. The second-order valence-corrected chi connectivity index (χ2v) is 4.36. The summed E-state index contributed by atoms with van der Waals surface area (Å²) >= 11 is 0. The van der Waals surface area contributed by atoms with Crippen molar-refractivity contribution in [1.82, 2.24) is 0 Å². The molecule has 0 heterocycles. The van der Waals surface area contributed by atoms with Crippen molar-refractivity contribution in [1.29, 1.82) is 0 Å². The predicted molar refractivity (Wildman–Crippen MR) is 66.1 cm³/mol. The van der Waals surface area contributed by atoms with Gasteiger partial charge in [-0.2, -0.15) is 13.2 Å². The van der Waals surface area contributed by atoms with E-state index in [-0.39, 0.29) is 18.2 Å². The Morgan fingerprint density at radius 3 is 2.68 bits per heavy atom. The van der Waals surface area contributed by atoms with E-state index in [1.807, 2.05) is 0 Å². The molecule has 0 amide bonds. The van der Waals surface area contributed by atoms with Crippen LogP contribution < -0.4 is 5.32 Å². The average molecular weight is 276 g/mol. The van der Waals surface area contributed by atoms with Crippen LogP contribution in [0.3, 0.4) is 0 Å². The number of nitrogens with one attached hydrogen (secondary N) is 1. The maximum absolute atomic E-state index is 12.0. The van der Waals surface area contributed by atoms with E-state index in [9.17, 15) is 23.3 Å². The largest absolute Gasteiger partial charge is 0.389 e. The second kappa shape index (κ2) is 6.40. The van der Waals surface area contributed by atoms with Gasteiger partial charge in [0.1, 0.15) is 0 Å². The fourth-order valence-corrected chi connectivity index (χ4v) is 1.67. The highest BCUT2D eigenvalue weighted by Crippen LogP contribution is 2.23. The number of nitro benzene ring substituents is 1. The summed E-state index contributed by atoms with van der Waals surface area (Å²) in [7, 11) is 0. The molecule has 0 aliphatic heterocycles. The standard InChI is InChI=1S/C12H15F3N2O2/c1-9(4-3-7-12(13,14)15)16-10-5-2-6-11(8-10)17(18)19/h2,5-6,8-9,16H,3-4,7H2,1H3. The summed E-state index contributed by atoms with van der Waals surface area (Å²) in [5.41, 5.74) is 0.487. The first-order chi connectivity index (χ1) is 8.78. The molecule has 0 radical (unpaired) electrons. The minimum absolute atomic E-state index is 0.0343. The molecule has 1 unspecified atom stereocenters. The third-order valence-corrected chi connectivity index (χ3v) is 2.57. The van der Waals surface area contributed by atoms with Crippen LogP contribution in [0.1, 0.15) is 26.2 Å². The number of nitro groups is 1. The Hall–Kier alpha value is -1.79. The van der Waals surface area contributed by atoms with Crippen molar-refractivity contribution in [3.05, 3.63) is 34.4 Å². The van der Waals surface area contributed by atoms with Crippen LogP contribution in [0, 0.1) is 10.1 Å². The highest BCUT2D eigenvalue weighted by atomic mass is 19.4. The second-order valence-electron chi connectivity index (χ2n) is 4.36. The van der Waals surface area contributed by atoms with Gasteiger partial charge in [0.05, 0.1) is 4.92 Å². The molecule has 0 aliphatic rings. The van der Waals surface area contributed by atoms with Crippen molar-refractivity contribution in [2.45, 2.75) is 38.4 Å². The average Bonchev–Trinajstić information content (AvgIpc) is 2.27. The van der Waals surface area contributed by atoms with Gasteiger partial charge in [-0.05, 0) is 25.8 Å². The highest BCUT2D eigenvalue weighted by molar-refractivity contribution is 5.51. The normalized spacial score (nSPS) is 13.1. The van der Waals surface area contributed by atoms with Crippen LogP contribution >= 0.6 is 0 Å². The number of alkyl halides is 3. The van der Waals surface area contributed by atoms with Crippen LogP contribution in [0.25, 0.3) is 0 Å². The van der Waals surface area contributed by atoms with E-state index >= 15 is 0 Å². The SMILES string of the molecule is CC(CCCC(F)(F)F)Nc1cccc([N+](=O)[O-])c1. The molecule has 106 valence electrons. The summed E-state index contributed by atoms with van der Waals surface area (Å²) in [6.45, 7) is 1.75. The summed E-state index contributed by atoms with van der Waals surface area (Å²) in [5, 5.41) is 13.5. The minimum Gasteiger partial charge on any atom is -0.382 e. The molecular formula is C12H15F3N2O2. The van der Waals surface area contributed by atoms with Crippen LogP contribution in [0.15, 0.2) is 24.3 Å². The lowest BCUT2D eigenvalue weighted by molar-refractivity contribution is -0.384. The molecule has 1 atom stereocenters. The monoisotopic (exact) mass is 276 g/mol. The van der Waals surface area contributed by atoms with Crippen molar-refractivity contribution in [3.8, 4) is 0 Å². The van der Waals surface area contributed by atoms with Crippen molar-refractivity contribution >= 4 is 11.4 Å². The van der Waals surface area contributed by atoms with Gasteiger partial charge in [-0.25, -0.2) is 0 Å². The van der Waals surface area contributed by atoms with Gasteiger partial charge < -0.3 is 5.32 Å². The molecule has 1 N–H and O–H groups in total. The smallest absolute Gasteiger partial charge is 0.382 e. The molecule has 0 saturated heterocycles. The van der Waals surface area contributed by atoms with E-state index in [0.29, 0.717) is 12.1 Å². The van der Waals surface area contributed by atoms with Gasteiger partial charge in [0.15, 0.2) is 0 Å². The number of hydrogen-bond donors (Lipinski definition) is 1. The first-order valence-corrected chi connectivity index (χ1v) is 5.85. The molecule has 0 aromatic heterocycles. The third kappa shape index (κ3) is 6.08. The number of nitrogens with zero attached hydrogens (tertiary/aromatic N) is 1. The highest BCUT2D eigenvalue weighted by Gasteiger charge is 2.26. The molecule has 19 heavy (non-hydrogen) atoms. The number of hydrogen-bond acceptors (Lipinski definition) is 3. The Labute approximate surface area is 108 Å². The maximum Gasteiger partial charge on any atom is 0.389 e. The molecular weight excluding hydrogens is 261 g/mol. The summed E-state index contributed by atoms with van der Waals surface area (Å²) in [4.78, 5) is 10.1. The van der Waals surface area contributed by atoms with E-state index in [0.717, 1.165) is 0 Å². The van der Waals surface area contributed by atoms with E-state index in [1.165, 1.54) is 18.2 Å². The summed E-state index contributed by atoms with van der Waals surface area (Å²) in [6, 6.07) is 5.72. The lowest BCUT2D eigenvalue weighted by Gasteiger charge is -2.15. The zero-order chi connectivity index (χ0) is 14.5. The fraction of sp³-hybridized carbons (Fsp3) is 0.500. The third-order valence-electron chi connectivity index (χ3n) is 2.57. The molecule has 0 aliphatic carbocycles. The Bertz CT molecular complexity index is 435. The summed E-state index contributed by atoms with van der Waals surface area (Å²) < 4.78 is 35.9. The predicted octanol–water partition coefficient (Wildman–Crippen LogP) is 4.13. The number of non-ortho nitro benzene ring substituents is 1. The molecule has 1 aromatic carbocycles. The van der Waals surface area contributed by atoms with Gasteiger partial charge in [0, 0.05) is 30.3 Å². The summed E-state index contributed by atoms with van der Waals surface area (Å²) in [6.07, 6.45) is -4.56. The number of halogens is 3. The zero-order valence-electron chi connectivity index (χ0n) is 10.4. The lowest BCUT2D eigenvalue weighted by atomic mass is 10.1. The Morgan fingerprint density at radius 2 is 2.11 bits per heavy atom. The van der Waals surface area contributed by atoms with Crippen LogP contribution in [0.4, 0.5) is 24.5 Å². The first kappa shape index (κ1) is 15.3. The van der Waals surface area contributed by atoms with Gasteiger partial charge in [-0.1, -0.05) is 6.07 Å². The Balaban J connectivity index is 2.46. The number of benzene rings is 1. The van der Waals surface area contributed by atoms with Gasteiger partial charge in [-0.3, -0.25) is 10.1 Å². The Kier molecular flexibility index (Phi) is 5.14. The molecule has 7 heteroatoms. The van der Waals surface area contributed by atoms with Crippen molar-refractivity contribution < 1.29 is 18.1 Å². The Morgan fingerprint density at radius 1 is 1.42 bits per heavy atom. The van der Waals surface area contributed by atoms with Crippen LogP contribution in [0.5, 0.6) is 0 Å². The molecule has 1 aromatic rings. The lowest BCUT2D eigenvalue weighted by Crippen LogP contribution is -2.16. The molecule has 1 rings (SSSR count). The summed E-state index contributed by atoms with van der Waals surface area (Å²) in [5.74, 6) is 0. The first-order valence-electron chi connectivity index (χ1n) is 5.85. The van der Waals surface area contributed by atoms with E-state index in [2.05, 4.69) is 5.32 Å². The van der Waals surface area contributed by atoms with Gasteiger partial charge >= 0.3 is 6.18 Å². The van der Waals surface area contributed by atoms with Crippen LogP contribution in [-0.2, 0) is 0 Å². The van der Waals surface area contributed by atoms with Gasteiger partial charge in [0.2, 0.25) is 0 Å². The van der Waals surface area contributed by atoms with Gasteiger partial charge in [-0.15, -0.1) is 0 Å². The molecule has 0 bridgehead atoms. The molecule has 0 spiro atoms. The minimum atomic E-state index is -4.13.